The van der Waals surface area contributed by atoms with E-state index < -0.39 is 17.7 Å². The number of carbonyl (C=O) groups is 2. The van der Waals surface area contributed by atoms with E-state index in [-0.39, 0.29) is 24.2 Å². The molecule has 5 nitrogen and oxygen atoms in total. The smallest absolute Gasteiger partial charge is 0.225 e. The Labute approximate surface area is 161 Å². The van der Waals surface area contributed by atoms with Crippen LogP contribution in [0.25, 0.3) is 0 Å². The summed E-state index contributed by atoms with van der Waals surface area (Å²) in [6, 6.07) is 7.34. The van der Waals surface area contributed by atoms with Crippen molar-refractivity contribution in [1.82, 2.24) is 0 Å². The van der Waals surface area contributed by atoms with Crippen LogP contribution in [0.15, 0.2) is 30.3 Å². The summed E-state index contributed by atoms with van der Waals surface area (Å²) in [5.74, 6) is -2.23. The Kier molecular flexibility index (Phi) is 4.85. The third-order valence-corrected chi connectivity index (χ3v) is 5.53. The van der Waals surface area contributed by atoms with Crippen molar-refractivity contribution in [2.75, 3.05) is 10.6 Å². The van der Waals surface area contributed by atoms with E-state index in [1.807, 2.05) is 6.07 Å². The normalized spacial score (nSPS) is 18.8. The second-order valence-electron chi connectivity index (χ2n) is 7.45. The summed E-state index contributed by atoms with van der Waals surface area (Å²) in [4.78, 5) is 24.0. The molecule has 2 aromatic carbocycles. The molecule has 0 fully saturated rings. The summed E-state index contributed by atoms with van der Waals surface area (Å²) in [7, 11) is 0. The standard InChI is InChI=1S/C21H21F2N3O2/c22-16-7-12-2-5-14(15(12)9-17(16)23)18(24)10-21(28)25-13-4-1-11-3-6-20(27)26-19(11)8-13/h1,4,7-9,14,18H,2-3,5-6,10,24H2,(H,25,28)(H,26,27)/t14-,18-/m0/s1. The molecule has 0 saturated heterocycles. The fraction of sp³-hybridized carbons (Fsp3) is 0.333. The summed E-state index contributed by atoms with van der Waals surface area (Å²) < 4.78 is 27.0. The number of carbonyl (C=O) groups excluding carboxylic acids is 2. The number of aryl methyl sites for hydroxylation is 2. The molecule has 0 radical (unpaired) electrons. The second-order valence-corrected chi connectivity index (χ2v) is 7.45. The van der Waals surface area contributed by atoms with Gasteiger partial charge in [0.2, 0.25) is 11.8 Å². The number of nitrogens with one attached hydrogen (secondary N) is 2. The lowest BCUT2D eigenvalue weighted by atomic mass is 9.91. The molecule has 4 N–H and O–H groups in total. The molecule has 4 rings (SSSR count). The monoisotopic (exact) mass is 385 g/mol. The van der Waals surface area contributed by atoms with Crippen LogP contribution < -0.4 is 16.4 Å². The van der Waals surface area contributed by atoms with Gasteiger partial charge in [-0.1, -0.05) is 6.07 Å². The zero-order chi connectivity index (χ0) is 19.8. The minimum Gasteiger partial charge on any atom is -0.327 e. The molecule has 7 heteroatoms. The van der Waals surface area contributed by atoms with Gasteiger partial charge in [0.15, 0.2) is 11.6 Å². The Bertz CT molecular complexity index is 961. The average Bonchev–Trinajstić information content (AvgIpc) is 3.04. The van der Waals surface area contributed by atoms with E-state index >= 15 is 0 Å². The number of rotatable bonds is 4. The molecule has 0 saturated carbocycles. The SMILES string of the molecule is N[C@@H](CC(=O)Nc1ccc2c(c1)NC(=O)CC2)[C@H]1CCc2cc(F)c(F)cc21. The van der Waals surface area contributed by atoms with E-state index in [2.05, 4.69) is 10.6 Å². The highest BCUT2D eigenvalue weighted by Crippen LogP contribution is 2.37. The van der Waals surface area contributed by atoms with Crippen LogP contribution in [0.4, 0.5) is 20.2 Å². The number of hydrogen-bond acceptors (Lipinski definition) is 3. The van der Waals surface area contributed by atoms with Gasteiger partial charge in [0.1, 0.15) is 0 Å². The third-order valence-electron chi connectivity index (χ3n) is 5.53. The van der Waals surface area contributed by atoms with Crippen LogP contribution in [0.5, 0.6) is 0 Å². The van der Waals surface area contributed by atoms with Crippen molar-refractivity contribution in [1.29, 1.82) is 0 Å². The molecule has 1 aliphatic heterocycles. The topological polar surface area (TPSA) is 84.2 Å². The Morgan fingerprint density at radius 3 is 2.75 bits per heavy atom. The predicted molar refractivity (Wildman–Crippen MR) is 102 cm³/mol. The average molecular weight is 385 g/mol. The molecule has 0 spiro atoms. The summed E-state index contributed by atoms with van der Waals surface area (Å²) in [6.07, 6.45) is 2.49. The van der Waals surface area contributed by atoms with Gasteiger partial charge in [0.25, 0.3) is 0 Å². The van der Waals surface area contributed by atoms with E-state index in [0.29, 0.717) is 42.6 Å². The van der Waals surface area contributed by atoms with E-state index in [9.17, 15) is 18.4 Å². The first-order valence-corrected chi connectivity index (χ1v) is 9.36. The Balaban J connectivity index is 1.42. The van der Waals surface area contributed by atoms with Gasteiger partial charge < -0.3 is 16.4 Å². The summed E-state index contributed by atoms with van der Waals surface area (Å²) in [6.45, 7) is 0. The third kappa shape index (κ3) is 3.62. The zero-order valence-electron chi connectivity index (χ0n) is 15.2. The zero-order valence-corrected chi connectivity index (χ0v) is 15.2. The molecule has 0 aromatic heterocycles. The van der Waals surface area contributed by atoms with Gasteiger partial charge in [0.05, 0.1) is 0 Å². The second kappa shape index (κ2) is 7.31. The van der Waals surface area contributed by atoms with Crippen molar-refractivity contribution < 1.29 is 18.4 Å². The van der Waals surface area contributed by atoms with Crippen molar-refractivity contribution >= 4 is 23.2 Å². The van der Waals surface area contributed by atoms with E-state index in [0.717, 1.165) is 11.1 Å². The summed E-state index contributed by atoms with van der Waals surface area (Å²) in [5, 5.41) is 5.60. The maximum absolute atomic E-state index is 13.6. The Morgan fingerprint density at radius 2 is 1.93 bits per heavy atom. The van der Waals surface area contributed by atoms with Crippen LogP contribution in [0.2, 0.25) is 0 Å². The Hall–Kier alpha value is -2.80. The maximum Gasteiger partial charge on any atom is 0.225 e. The number of fused-ring (bicyclic) bond motifs is 2. The van der Waals surface area contributed by atoms with Crippen molar-refractivity contribution in [3.05, 3.63) is 58.7 Å². The molecule has 1 heterocycles. The number of amides is 2. The number of benzene rings is 2. The van der Waals surface area contributed by atoms with Gasteiger partial charge in [0, 0.05) is 36.2 Å². The highest BCUT2D eigenvalue weighted by Gasteiger charge is 2.30. The fourth-order valence-corrected chi connectivity index (χ4v) is 4.09. The molecular formula is C21H21F2N3O2. The van der Waals surface area contributed by atoms with Gasteiger partial charge in [-0.3, -0.25) is 9.59 Å². The quantitative estimate of drug-likeness (QED) is 0.756. The van der Waals surface area contributed by atoms with Crippen molar-refractivity contribution in [2.45, 2.75) is 44.1 Å². The van der Waals surface area contributed by atoms with Crippen LogP contribution in [0.1, 0.15) is 41.9 Å². The first-order chi connectivity index (χ1) is 13.4. The number of anilines is 2. The van der Waals surface area contributed by atoms with Crippen molar-refractivity contribution in [3.8, 4) is 0 Å². The molecule has 1 aliphatic carbocycles. The number of halogens is 2. The highest BCUT2D eigenvalue weighted by molar-refractivity contribution is 5.96. The summed E-state index contributed by atoms with van der Waals surface area (Å²) >= 11 is 0. The van der Waals surface area contributed by atoms with Gasteiger partial charge in [-0.15, -0.1) is 0 Å². The molecule has 2 amide bonds. The molecular weight excluding hydrogens is 364 g/mol. The van der Waals surface area contributed by atoms with E-state index in [1.54, 1.807) is 12.1 Å². The molecule has 0 unspecified atom stereocenters. The minimum atomic E-state index is -0.890. The summed E-state index contributed by atoms with van der Waals surface area (Å²) in [5.41, 5.74) is 10.0. The van der Waals surface area contributed by atoms with Gasteiger partial charge in [-0.2, -0.15) is 0 Å². The maximum atomic E-state index is 13.6. The Morgan fingerprint density at radius 1 is 1.14 bits per heavy atom. The lowest BCUT2D eigenvalue weighted by Gasteiger charge is -2.21. The van der Waals surface area contributed by atoms with Crippen LogP contribution in [-0.2, 0) is 22.4 Å². The van der Waals surface area contributed by atoms with Gasteiger partial charge in [-0.25, -0.2) is 8.78 Å². The largest absolute Gasteiger partial charge is 0.327 e. The van der Waals surface area contributed by atoms with Crippen molar-refractivity contribution in [2.24, 2.45) is 5.73 Å². The molecule has 0 bridgehead atoms. The number of hydrogen-bond donors (Lipinski definition) is 3. The molecule has 2 aliphatic rings. The number of nitrogens with two attached hydrogens (primary N) is 1. The minimum absolute atomic E-state index is 0.0402. The lowest BCUT2D eigenvalue weighted by molar-refractivity contribution is -0.117. The van der Waals surface area contributed by atoms with Crippen LogP contribution in [0.3, 0.4) is 0 Å². The van der Waals surface area contributed by atoms with Gasteiger partial charge >= 0.3 is 0 Å². The lowest BCUT2D eigenvalue weighted by Crippen LogP contribution is -2.32. The first kappa shape index (κ1) is 18.6. The van der Waals surface area contributed by atoms with E-state index in [4.69, 9.17) is 5.73 Å². The van der Waals surface area contributed by atoms with Crippen LogP contribution in [0, 0.1) is 11.6 Å². The van der Waals surface area contributed by atoms with Gasteiger partial charge in [-0.05, 0) is 60.2 Å². The van der Waals surface area contributed by atoms with Crippen LogP contribution >= 0.6 is 0 Å². The molecule has 28 heavy (non-hydrogen) atoms. The molecule has 2 aromatic rings. The highest BCUT2D eigenvalue weighted by atomic mass is 19.2. The first-order valence-electron chi connectivity index (χ1n) is 9.36. The van der Waals surface area contributed by atoms with Crippen LogP contribution in [-0.4, -0.2) is 17.9 Å². The van der Waals surface area contributed by atoms with Crippen molar-refractivity contribution in [3.63, 3.8) is 0 Å². The fourth-order valence-electron chi connectivity index (χ4n) is 4.09. The van der Waals surface area contributed by atoms with E-state index in [1.165, 1.54) is 12.1 Å². The molecule has 2 atom stereocenters. The molecule has 146 valence electrons. The predicted octanol–water partition coefficient (Wildman–Crippen LogP) is 3.24.